The van der Waals surface area contributed by atoms with Gasteiger partial charge in [-0.3, -0.25) is 0 Å². The summed E-state index contributed by atoms with van der Waals surface area (Å²) >= 11 is 6.13. The monoisotopic (exact) mass is 316 g/mol. The third kappa shape index (κ3) is 3.17. The molecule has 1 aliphatic heterocycles. The van der Waals surface area contributed by atoms with Crippen LogP contribution in [0.15, 0.2) is 23.1 Å². The highest BCUT2D eigenvalue weighted by Crippen LogP contribution is 2.27. The summed E-state index contributed by atoms with van der Waals surface area (Å²) in [6.45, 7) is 5.81. The molecule has 0 amide bonds. The highest BCUT2D eigenvalue weighted by Gasteiger charge is 2.32. The van der Waals surface area contributed by atoms with Crippen LogP contribution < -0.4 is 5.32 Å². The molecule has 20 heavy (non-hydrogen) atoms. The van der Waals surface area contributed by atoms with Crippen LogP contribution in [0.5, 0.6) is 0 Å². The highest BCUT2D eigenvalue weighted by molar-refractivity contribution is 7.89. The second-order valence-electron chi connectivity index (χ2n) is 5.18. The van der Waals surface area contributed by atoms with Crippen LogP contribution in [0.3, 0.4) is 0 Å². The predicted octanol–water partition coefficient (Wildman–Crippen LogP) is 2.27. The second kappa shape index (κ2) is 6.43. The fourth-order valence-electron chi connectivity index (χ4n) is 2.50. The average molecular weight is 317 g/mol. The van der Waals surface area contributed by atoms with Gasteiger partial charge in [0.05, 0.1) is 5.02 Å². The molecule has 0 saturated carbocycles. The number of aryl methyl sites for hydroxylation is 1. The molecule has 0 radical (unpaired) electrons. The lowest BCUT2D eigenvalue weighted by atomic mass is 10.1. The normalized spacial score (nSPS) is 21.1. The van der Waals surface area contributed by atoms with Crippen LogP contribution in [0, 0.1) is 0 Å². The van der Waals surface area contributed by atoms with Crippen LogP contribution in [-0.4, -0.2) is 38.4 Å². The van der Waals surface area contributed by atoms with Crippen molar-refractivity contribution in [3.63, 3.8) is 0 Å². The zero-order chi connectivity index (χ0) is 14.8. The van der Waals surface area contributed by atoms with Crippen LogP contribution in [0.4, 0.5) is 0 Å². The third-order valence-corrected chi connectivity index (χ3v) is 6.06. The number of piperazine rings is 1. The Morgan fingerprint density at radius 1 is 1.45 bits per heavy atom. The Morgan fingerprint density at radius 2 is 2.20 bits per heavy atom. The van der Waals surface area contributed by atoms with Gasteiger partial charge in [-0.25, -0.2) is 8.42 Å². The Labute approximate surface area is 126 Å². The molecule has 2 rings (SSSR count). The van der Waals surface area contributed by atoms with E-state index in [4.69, 9.17) is 11.6 Å². The number of hydrogen-bond donors (Lipinski definition) is 1. The molecule has 6 heteroatoms. The van der Waals surface area contributed by atoms with Crippen LogP contribution >= 0.6 is 11.6 Å². The van der Waals surface area contributed by atoms with E-state index in [0.29, 0.717) is 24.7 Å². The molecule has 1 heterocycles. The number of sulfonamides is 1. The SMILES string of the molecule is CCCc1ccc(Cl)c(S(=O)(=O)N2CCNC[C@@H]2C)c1. The second-order valence-corrected chi connectivity index (χ2v) is 7.45. The minimum absolute atomic E-state index is 0.0559. The van der Waals surface area contributed by atoms with Gasteiger partial charge in [-0.05, 0) is 31.0 Å². The van der Waals surface area contributed by atoms with Crippen LogP contribution in [-0.2, 0) is 16.4 Å². The Balaban J connectivity index is 2.40. The van der Waals surface area contributed by atoms with E-state index in [0.717, 1.165) is 18.4 Å². The van der Waals surface area contributed by atoms with Gasteiger partial charge in [-0.2, -0.15) is 4.31 Å². The lowest BCUT2D eigenvalue weighted by Gasteiger charge is -2.33. The molecule has 0 bridgehead atoms. The molecule has 1 fully saturated rings. The summed E-state index contributed by atoms with van der Waals surface area (Å²) in [6, 6.07) is 5.24. The molecular formula is C14H21ClN2O2S. The zero-order valence-corrected chi connectivity index (χ0v) is 13.5. The van der Waals surface area contributed by atoms with E-state index >= 15 is 0 Å². The summed E-state index contributed by atoms with van der Waals surface area (Å²) in [5, 5.41) is 3.50. The lowest BCUT2D eigenvalue weighted by Crippen LogP contribution is -2.52. The van der Waals surface area contributed by atoms with E-state index in [-0.39, 0.29) is 10.9 Å². The van der Waals surface area contributed by atoms with Crippen molar-refractivity contribution < 1.29 is 8.42 Å². The maximum atomic E-state index is 12.8. The van der Waals surface area contributed by atoms with Crippen molar-refractivity contribution in [2.24, 2.45) is 0 Å². The molecule has 1 saturated heterocycles. The zero-order valence-electron chi connectivity index (χ0n) is 11.9. The van der Waals surface area contributed by atoms with Gasteiger partial charge < -0.3 is 5.32 Å². The largest absolute Gasteiger partial charge is 0.314 e. The first-order valence-electron chi connectivity index (χ1n) is 6.97. The number of nitrogens with one attached hydrogen (secondary N) is 1. The molecule has 1 aromatic carbocycles. The van der Waals surface area contributed by atoms with E-state index in [1.165, 1.54) is 0 Å². The minimum Gasteiger partial charge on any atom is -0.314 e. The first-order chi connectivity index (χ1) is 9.46. The Morgan fingerprint density at radius 3 is 2.85 bits per heavy atom. The molecular weight excluding hydrogens is 296 g/mol. The summed E-state index contributed by atoms with van der Waals surface area (Å²) in [5.74, 6) is 0. The summed E-state index contributed by atoms with van der Waals surface area (Å²) in [5.41, 5.74) is 1.01. The molecule has 1 aliphatic rings. The maximum Gasteiger partial charge on any atom is 0.244 e. The third-order valence-electron chi connectivity index (χ3n) is 3.56. The Bertz CT molecular complexity index is 575. The average Bonchev–Trinajstić information content (AvgIpc) is 2.41. The lowest BCUT2D eigenvalue weighted by molar-refractivity contribution is 0.284. The Kier molecular flexibility index (Phi) is 5.07. The van der Waals surface area contributed by atoms with Crippen LogP contribution in [0.25, 0.3) is 0 Å². The van der Waals surface area contributed by atoms with E-state index < -0.39 is 10.0 Å². The number of benzene rings is 1. The van der Waals surface area contributed by atoms with Gasteiger partial charge in [-0.1, -0.05) is 31.0 Å². The van der Waals surface area contributed by atoms with E-state index in [2.05, 4.69) is 12.2 Å². The van der Waals surface area contributed by atoms with Gasteiger partial charge in [-0.15, -0.1) is 0 Å². The molecule has 112 valence electrons. The van der Waals surface area contributed by atoms with Gasteiger partial charge in [0.15, 0.2) is 0 Å². The van der Waals surface area contributed by atoms with Crippen molar-refractivity contribution in [3.8, 4) is 0 Å². The van der Waals surface area contributed by atoms with Crippen molar-refractivity contribution in [1.82, 2.24) is 9.62 Å². The molecule has 1 atom stereocenters. The molecule has 0 spiro atoms. The van der Waals surface area contributed by atoms with Crippen LogP contribution in [0.2, 0.25) is 5.02 Å². The topological polar surface area (TPSA) is 49.4 Å². The molecule has 1 aromatic rings. The summed E-state index contributed by atoms with van der Waals surface area (Å²) in [4.78, 5) is 0.235. The van der Waals surface area contributed by atoms with Gasteiger partial charge in [0, 0.05) is 25.7 Å². The number of halogens is 1. The van der Waals surface area contributed by atoms with Crippen molar-refractivity contribution >= 4 is 21.6 Å². The quantitative estimate of drug-likeness (QED) is 0.927. The minimum atomic E-state index is -3.52. The molecule has 1 N–H and O–H groups in total. The van der Waals surface area contributed by atoms with Gasteiger partial charge in [0.1, 0.15) is 4.90 Å². The number of rotatable bonds is 4. The van der Waals surface area contributed by atoms with Gasteiger partial charge >= 0.3 is 0 Å². The van der Waals surface area contributed by atoms with Crippen molar-refractivity contribution in [2.75, 3.05) is 19.6 Å². The highest BCUT2D eigenvalue weighted by atomic mass is 35.5. The maximum absolute atomic E-state index is 12.8. The fraction of sp³-hybridized carbons (Fsp3) is 0.571. The molecule has 0 unspecified atom stereocenters. The molecule has 0 aromatic heterocycles. The van der Waals surface area contributed by atoms with Gasteiger partial charge in [0.25, 0.3) is 0 Å². The van der Waals surface area contributed by atoms with E-state index in [1.807, 2.05) is 13.0 Å². The Hall–Kier alpha value is -0.620. The first kappa shape index (κ1) is 15.8. The molecule has 0 aliphatic carbocycles. The van der Waals surface area contributed by atoms with E-state index in [1.54, 1.807) is 16.4 Å². The first-order valence-corrected chi connectivity index (χ1v) is 8.79. The van der Waals surface area contributed by atoms with Crippen molar-refractivity contribution in [3.05, 3.63) is 28.8 Å². The van der Waals surface area contributed by atoms with Crippen molar-refractivity contribution in [2.45, 2.75) is 37.6 Å². The smallest absolute Gasteiger partial charge is 0.244 e. The molecule has 4 nitrogen and oxygen atoms in total. The standard InChI is InChI=1S/C14H21ClN2O2S/c1-3-4-12-5-6-13(15)14(9-12)20(18,19)17-8-7-16-10-11(17)2/h5-6,9,11,16H,3-4,7-8,10H2,1-2H3/t11-/m0/s1. The predicted molar refractivity (Wildman–Crippen MR) is 81.7 cm³/mol. The van der Waals surface area contributed by atoms with E-state index in [9.17, 15) is 8.42 Å². The van der Waals surface area contributed by atoms with Gasteiger partial charge in [0.2, 0.25) is 10.0 Å². The number of nitrogens with zero attached hydrogens (tertiary/aromatic N) is 1. The number of hydrogen-bond acceptors (Lipinski definition) is 3. The van der Waals surface area contributed by atoms with Crippen molar-refractivity contribution in [1.29, 1.82) is 0 Å². The summed E-state index contributed by atoms with van der Waals surface area (Å²) in [7, 11) is -3.52. The summed E-state index contributed by atoms with van der Waals surface area (Å²) in [6.07, 6.45) is 1.84. The van der Waals surface area contributed by atoms with Crippen LogP contribution in [0.1, 0.15) is 25.8 Å². The fourth-order valence-corrected chi connectivity index (χ4v) is 4.65. The summed E-state index contributed by atoms with van der Waals surface area (Å²) < 4.78 is 27.1.